The second-order valence-electron chi connectivity index (χ2n) is 5.42. The second-order valence-corrected chi connectivity index (χ2v) is 5.42. The Morgan fingerprint density at radius 2 is 1.88 bits per heavy atom. The quantitative estimate of drug-likeness (QED) is 0.656. The molecule has 90 valence electrons. The van der Waals surface area contributed by atoms with Gasteiger partial charge in [0.2, 0.25) is 5.91 Å². The van der Waals surface area contributed by atoms with Crippen LogP contribution in [-0.4, -0.2) is 23.9 Å². The molecule has 2 aliphatic rings. The lowest BCUT2D eigenvalue weighted by Crippen LogP contribution is -2.42. The van der Waals surface area contributed by atoms with Crippen LogP contribution >= 0.6 is 0 Å². The molecule has 2 saturated carbocycles. The first-order valence-electron chi connectivity index (χ1n) is 6.61. The molecule has 3 atom stereocenters. The van der Waals surface area contributed by atoms with Crippen molar-refractivity contribution in [1.82, 2.24) is 4.90 Å². The summed E-state index contributed by atoms with van der Waals surface area (Å²) in [6, 6.07) is 0.463. The maximum atomic E-state index is 11.6. The smallest absolute Gasteiger partial charge is 0.245 e. The van der Waals surface area contributed by atoms with E-state index in [0.29, 0.717) is 6.04 Å². The third-order valence-corrected chi connectivity index (χ3v) is 4.58. The number of rotatable bonds is 2. The van der Waals surface area contributed by atoms with Gasteiger partial charge in [-0.3, -0.25) is 4.79 Å². The van der Waals surface area contributed by atoms with Gasteiger partial charge in [0.15, 0.2) is 0 Å². The van der Waals surface area contributed by atoms with Gasteiger partial charge in [-0.05, 0) is 37.2 Å². The van der Waals surface area contributed by atoms with Crippen molar-refractivity contribution in [3.05, 3.63) is 12.7 Å². The van der Waals surface area contributed by atoms with Gasteiger partial charge in [-0.15, -0.1) is 0 Å². The Morgan fingerprint density at radius 3 is 2.56 bits per heavy atom. The number of nitrogens with zero attached hydrogens (tertiary/aromatic N) is 1. The Balaban J connectivity index is 1.94. The fourth-order valence-electron chi connectivity index (χ4n) is 3.52. The minimum Gasteiger partial charge on any atom is -0.339 e. The third-order valence-electron chi connectivity index (χ3n) is 4.58. The van der Waals surface area contributed by atoms with E-state index in [2.05, 4.69) is 6.58 Å². The highest BCUT2D eigenvalue weighted by Crippen LogP contribution is 2.41. The highest BCUT2D eigenvalue weighted by Gasteiger charge is 2.34. The maximum absolute atomic E-state index is 11.6. The third kappa shape index (κ3) is 2.31. The first kappa shape index (κ1) is 11.7. The van der Waals surface area contributed by atoms with E-state index in [1.165, 1.54) is 51.0 Å². The molecular weight excluding hydrogens is 198 g/mol. The minimum absolute atomic E-state index is 0.0826. The first-order chi connectivity index (χ1) is 7.72. The van der Waals surface area contributed by atoms with Gasteiger partial charge in [0.25, 0.3) is 0 Å². The summed E-state index contributed by atoms with van der Waals surface area (Å²) in [6.07, 6.45) is 10.8. The molecule has 3 unspecified atom stereocenters. The number of amides is 1. The zero-order chi connectivity index (χ0) is 11.5. The zero-order valence-electron chi connectivity index (χ0n) is 10.3. The van der Waals surface area contributed by atoms with Crippen LogP contribution in [0, 0.1) is 11.8 Å². The summed E-state index contributed by atoms with van der Waals surface area (Å²) in [7, 11) is 1.93. The molecule has 0 aromatic carbocycles. The Hall–Kier alpha value is -0.790. The summed E-state index contributed by atoms with van der Waals surface area (Å²) in [6.45, 7) is 3.57. The molecule has 0 radical (unpaired) electrons. The summed E-state index contributed by atoms with van der Waals surface area (Å²) >= 11 is 0. The maximum Gasteiger partial charge on any atom is 0.245 e. The lowest BCUT2D eigenvalue weighted by atomic mass is 9.69. The van der Waals surface area contributed by atoms with Crippen LogP contribution in [0.1, 0.15) is 44.9 Å². The van der Waals surface area contributed by atoms with Crippen LogP contribution in [0.5, 0.6) is 0 Å². The normalized spacial score (nSPS) is 33.9. The van der Waals surface area contributed by atoms with Gasteiger partial charge in [-0.2, -0.15) is 0 Å². The van der Waals surface area contributed by atoms with Crippen LogP contribution < -0.4 is 0 Å². The van der Waals surface area contributed by atoms with Gasteiger partial charge in [0.05, 0.1) is 0 Å². The lowest BCUT2D eigenvalue weighted by molar-refractivity contribution is -0.128. The topological polar surface area (TPSA) is 20.3 Å². The van der Waals surface area contributed by atoms with Gasteiger partial charge < -0.3 is 4.90 Å². The van der Waals surface area contributed by atoms with Crippen molar-refractivity contribution in [1.29, 1.82) is 0 Å². The van der Waals surface area contributed by atoms with Crippen molar-refractivity contribution in [3.63, 3.8) is 0 Å². The Kier molecular flexibility index (Phi) is 3.67. The summed E-state index contributed by atoms with van der Waals surface area (Å²) in [5, 5.41) is 0. The van der Waals surface area contributed by atoms with Crippen molar-refractivity contribution < 1.29 is 4.79 Å². The van der Waals surface area contributed by atoms with Gasteiger partial charge in [-0.25, -0.2) is 0 Å². The SMILES string of the molecule is C=CC(=O)N(C)C1CCC2CCCCC2C1. The number of fused-ring (bicyclic) bond motifs is 1. The molecule has 2 heteroatoms. The van der Waals surface area contributed by atoms with E-state index in [9.17, 15) is 4.79 Å². The molecule has 1 amide bonds. The predicted molar refractivity (Wildman–Crippen MR) is 66.1 cm³/mol. The Bertz CT molecular complexity index is 274. The van der Waals surface area contributed by atoms with Gasteiger partial charge >= 0.3 is 0 Å². The van der Waals surface area contributed by atoms with Crippen molar-refractivity contribution in [3.8, 4) is 0 Å². The number of hydrogen-bond donors (Lipinski definition) is 0. The van der Waals surface area contributed by atoms with Crippen LogP contribution in [0.25, 0.3) is 0 Å². The summed E-state index contributed by atoms with van der Waals surface area (Å²) < 4.78 is 0. The number of hydrogen-bond acceptors (Lipinski definition) is 1. The molecule has 2 nitrogen and oxygen atoms in total. The van der Waals surface area contributed by atoms with E-state index < -0.39 is 0 Å². The molecule has 16 heavy (non-hydrogen) atoms. The average molecular weight is 221 g/mol. The molecule has 0 aliphatic heterocycles. The van der Waals surface area contributed by atoms with E-state index >= 15 is 0 Å². The molecule has 2 fully saturated rings. The molecule has 2 rings (SSSR count). The van der Waals surface area contributed by atoms with Gasteiger partial charge in [-0.1, -0.05) is 32.3 Å². The van der Waals surface area contributed by atoms with Crippen LogP contribution in [-0.2, 0) is 4.79 Å². The molecule has 0 bridgehead atoms. The minimum atomic E-state index is 0.0826. The first-order valence-corrected chi connectivity index (χ1v) is 6.61. The van der Waals surface area contributed by atoms with Gasteiger partial charge in [0, 0.05) is 13.1 Å². The van der Waals surface area contributed by atoms with E-state index in [-0.39, 0.29) is 5.91 Å². The molecule has 2 aliphatic carbocycles. The average Bonchev–Trinajstić information content (AvgIpc) is 2.36. The fraction of sp³-hybridized carbons (Fsp3) is 0.786. The molecule has 0 saturated heterocycles. The molecular formula is C14H23NO. The van der Waals surface area contributed by atoms with E-state index in [1.54, 1.807) is 0 Å². The molecule has 0 heterocycles. The number of likely N-dealkylation sites (N-methyl/N-ethyl adjacent to an activating group) is 1. The summed E-state index contributed by atoms with van der Waals surface area (Å²) in [5.74, 6) is 1.92. The molecule has 0 N–H and O–H groups in total. The summed E-state index contributed by atoms with van der Waals surface area (Å²) in [5.41, 5.74) is 0. The van der Waals surface area contributed by atoms with E-state index in [0.717, 1.165) is 11.8 Å². The zero-order valence-corrected chi connectivity index (χ0v) is 10.3. The van der Waals surface area contributed by atoms with Crippen molar-refractivity contribution in [2.24, 2.45) is 11.8 Å². The van der Waals surface area contributed by atoms with Gasteiger partial charge in [0.1, 0.15) is 0 Å². The highest BCUT2D eigenvalue weighted by molar-refractivity contribution is 5.87. The molecule has 0 aromatic heterocycles. The predicted octanol–water partition coefficient (Wildman–Crippen LogP) is 2.99. The Labute approximate surface area is 98.7 Å². The lowest BCUT2D eigenvalue weighted by Gasteiger charge is -2.42. The van der Waals surface area contributed by atoms with Crippen LogP contribution in [0.3, 0.4) is 0 Å². The second kappa shape index (κ2) is 5.03. The number of carbonyl (C=O) groups is 1. The monoisotopic (exact) mass is 221 g/mol. The number of carbonyl (C=O) groups excluding carboxylic acids is 1. The van der Waals surface area contributed by atoms with Crippen molar-refractivity contribution in [2.45, 2.75) is 51.0 Å². The largest absolute Gasteiger partial charge is 0.339 e. The molecule has 0 aromatic rings. The fourth-order valence-corrected chi connectivity index (χ4v) is 3.52. The highest BCUT2D eigenvalue weighted by atomic mass is 16.2. The van der Waals surface area contributed by atoms with Crippen LogP contribution in [0.4, 0.5) is 0 Å². The Morgan fingerprint density at radius 1 is 1.19 bits per heavy atom. The van der Waals surface area contributed by atoms with Crippen LogP contribution in [0.2, 0.25) is 0 Å². The van der Waals surface area contributed by atoms with E-state index in [4.69, 9.17) is 0 Å². The van der Waals surface area contributed by atoms with E-state index in [1.807, 2.05) is 11.9 Å². The van der Waals surface area contributed by atoms with Crippen molar-refractivity contribution >= 4 is 5.91 Å². The summed E-state index contributed by atoms with van der Waals surface area (Å²) in [4.78, 5) is 13.5. The molecule has 0 spiro atoms. The van der Waals surface area contributed by atoms with Crippen molar-refractivity contribution in [2.75, 3.05) is 7.05 Å². The van der Waals surface area contributed by atoms with Crippen LogP contribution in [0.15, 0.2) is 12.7 Å². The standard InChI is InChI=1S/C14H23NO/c1-3-14(16)15(2)13-9-8-11-6-4-5-7-12(11)10-13/h3,11-13H,1,4-10H2,2H3.